The van der Waals surface area contributed by atoms with Crippen molar-refractivity contribution in [3.05, 3.63) is 0 Å². The number of carboxylic acids is 1. The van der Waals surface area contributed by atoms with E-state index in [9.17, 15) is 14.7 Å². The van der Waals surface area contributed by atoms with Gasteiger partial charge in [-0.1, -0.05) is 19.3 Å². The number of hydrogen-bond acceptors (Lipinski definition) is 3. The van der Waals surface area contributed by atoms with Crippen molar-refractivity contribution >= 4 is 11.9 Å². The molecule has 2 fully saturated rings. The number of aliphatic hydroxyl groups excluding tert-OH is 1. The van der Waals surface area contributed by atoms with Crippen molar-refractivity contribution in [2.75, 3.05) is 13.1 Å². The number of aliphatic carboxylic acids is 1. The van der Waals surface area contributed by atoms with Crippen LogP contribution in [0.1, 0.15) is 51.4 Å². The number of carboxylic acid groups (broad SMARTS) is 1. The van der Waals surface area contributed by atoms with Gasteiger partial charge in [0.1, 0.15) is 0 Å². The van der Waals surface area contributed by atoms with Crippen molar-refractivity contribution in [3.63, 3.8) is 0 Å². The van der Waals surface area contributed by atoms with Crippen molar-refractivity contribution in [2.24, 2.45) is 5.41 Å². The van der Waals surface area contributed by atoms with Gasteiger partial charge in [-0.2, -0.15) is 0 Å². The first kappa shape index (κ1) is 14.3. The lowest BCUT2D eigenvalue weighted by Crippen LogP contribution is -2.37. The van der Waals surface area contributed by atoms with E-state index >= 15 is 0 Å². The molecule has 5 heteroatoms. The zero-order chi connectivity index (χ0) is 13.9. The lowest BCUT2D eigenvalue weighted by atomic mass is 9.69. The standard InChI is InChI=1S/C14H23NO4/c16-11-4-7-15(10-11)12(17)8-14(9-13(18)19)5-2-1-3-6-14/h11,16H,1-10H2,(H,18,19). The first-order valence-corrected chi connectivity index (χ1v) is 7.18. The molecule has 19 heavy (non-hydrogen) atoms. The minimum Gasteiger partial charge on any atom is -0.481 e. The van der Waals surface area contributed by atoms with Gasteiger partial charge in [0.25, 0.3) is 0 Å². The van der Waals surface area contributed by atoms with Gasteiger partial charge in [0.05, 0.1) is 12.5 Å². The van der Waals surface area contributed by atoms with Crippen LogP contribution in [0.15, 0.2) is 0 Å². The highest BCUT2D eigenvalue weighted by atomic mass is 16.4. The molecule has 0 aromatic carbocycles. The topological polar surface area (TPSA) is 77.8 Å². The van der Waals surface area contributed by atoms with Crippen molar-refractivity contribution in [1.29, 1.82) is 0 Å². The van der Waals surface area contributed by atoms with Crippen molar-refractivity contribution < 1.29 is 19.8 Å². The molecule has 2 N–H and O–H groups in total. The van der Waals surface area contributed by atoms with E-state index in [2.05, 4.69) is 0 Å². The average molecular weight is 269 g/mol. The Labute approximate surface area is 113 Å². The number of aliphatic hydroxyl groups is 1. The Balaban J connectivity index is 1.99. The third-order valence-electron chi connectivity index (χ3n) is 4.48. The van der Waals surface area contributed by atoms with Crippen molar-refractivity contribution in [2.45, 2.75) is 57.5 Å². The number of likely N-dealkylation sites (tertiary alicyclic amines) is 1. The highest BCUT2D eigenvalue weighted by Gasteiger charge is 2.38. The summed E-state index contributed by atoms with van der Waals surface area (Å²) in [6.07, 6.45) is 5.48. The molecule has 1 aliphatic heterocycles. The molecule has 2 rings (SSSR count). The number of carbonyl (C=O) groups is 2. The maximum Gasteiger partial charge on any atom is 0.303 e. The average Bonchev–Trinajstić information content (AvgIpc) is 2.76. The van der Waals surface area contributed by atoms with Crippen LogP contribution < -0.4 is 0 Å². The van der Waals surface area contributed by atoms with E-state index in [1.807, 2.05) is 0 Å². The summed E-state index contributed by atoms with van der Waals surface area (Å²) in [5.41, 5.74) is -0.352. The van der Waals surface area contributed by atoms with E-state index in [4.69, 9.17) is 5.11 Å². The van der Waals surface area contributed by atoms with Crippen LogP contribution in [0.5, 0.6) is 0 Å². The van der Waals surface area contributed by atoms with Crippen molar-refractivity contribution in [3.8, 4) is 0 Å². The number of nitrogens with zero attached hydrogens (tertiary/aromatic N) is 1. The molecule has 1 saturated carbocycles. The van der Waals surface area contributed by atoms with Gasteiger partial charge in [-0.25, -0.2) is 0 Å². The molecule has 2 aliphatic rings. The molecular weight excluding hydrogens is 246 g/mol. The van der Waals surface area contributed by atoms with Crippen LogP contribution in [-0.2, 0) is 9.59 Å². The predicted octanol–water partition coefficient (Wildman–Crippen LogP) is 1.39. The Morgan fingerprint density at radius 1 is 1.16 bits per heavy atom. The summed E-state index contributed by atoms with van der Waals surface area (Å²) in [4.78, 5) is 25.0. The summed E-state index contributed by atoms with van der Waals surface area (Å²) in [6.45, 7) is 1.01. The number of amides is 1. The molecule has 1 atom stereocenters. The van der Waals surface area contributed by atoms with Gasteiger partial charge in [0.2, 0.25) is 5.91 Å². The minimum atomic E-state index is -0.809. The first-order valence-electron chi connectivity index (χ1n) is 7.18. The fourth-order valence-electron chi connectivity index (χ4n) is 3.44. The quantitative estimate of drug-likeness (QED) is 0.808. The van der Waals surface area contributed by atoms with Crippen LogP contribution in [0.2, 0.25) is 0 Å². The van der Waals surface area contributed by atoms with E-state index in [1.165, 1.54) is 0 Å². The van der Waals surface area contributed by atoms with Crippen molar-refractivity contribution in [1.82, 2.24) is 4.90 Å². The summed E-state index contributed by atoms with van der Waals surface area (Å²) in [7, 11) is 0. The SMILES string of the molecule is O=C(O)CC1(CC(=O)N2CCC(O)C2)CCCCC1. The second-order valence-electron chi connectivity index (χ2n) is 6.09. The lowest BCUT2D eigenvalue weighted by Gasteiger charge is -2.36. The molecule has 108 valence electrons. The van der Waals surface area contributed by atoms with E-state index in [0.717, 1.165) is 32.1 Å². The summed E-state index contributed by atoms with van der Waals surface area (Å²) < 4.78 is 0. The van der Waals surface area contributed by atoms with E-state index in [-0.39, 0.29) is 17.7 Å². The maximum atomic E-state index is 12.3. The van der Waals surface area contributed by atoms with E-state index in [0.29, 0.717) is 25.9 Å². The van der Waals surface area contributed by atoms with Gasteiger partial charge in [0.15, 0.2) is 0 Å². The Hall–Kier alpha value is -1.10. The highest BCUT2D eigenvalue weighted by molar-refractivity contribution is 5.78. The number of β-amino-alcohol motifs (C(OH)–C–C–N with tert-alkyl or cyclic N) is 1. The fraction of sp³-hybridized carbons (Fsp3) is 0.857. The molecule has 0 aromatic heterocycles. The Kier molecular flexibility index (Phi) is 4.45. The molecule has 0 aromatic rings. The lowest BCUT2D eigenvalue weighted by molar-refractivity contribution is -0.142. The third-order valence-corrected chi connectivity index (χ3v) is 4.48. The van der Waals surface area contributed by atoms with Gasteiger partial charge >= 0.3 is 5.97 Å². The second-order valence-corrected chi connectivity index (χ2v) is 6.09. The zero-order valence-corrected chi connectivity index (χ0v) is 11.3. The van der Waals surface area contributed by atoms with E-state index in [1.54, 1.807) is 4.90 Å². The molecule has 1 unspecified atom stereocenters. The van der Waals surface area contributed by atoms with Gasteiger partial charge in [-0.05, 0) is 24.7 Å². The fourth-order valence-corrected chi connectivity index (χ4v) is 3.44. The molecular formula is C14H23NO4. The van der Waals surface area contributed by atoms with Crippen LogP contribution >= 0.6 is 0 Å². The Morgan fingerprint density at radius 3 is 2.37 bits per heavy atom. The number of carbonyl (C=O) groups excluding carboxylic acids is 1. The van der Waals surface area contributed by atoms with Crippen LogP contribution in [0.25, 0.3) is 0 Å². The normalized spacial score (nSPS) is 26.4. The van der Waals surface area contributed by atoms with Gasteiger partial charge in [-0.15, -0.1) is 0 Å². The van der Waals surface area contributed by atoms with Gasteiger partial charge in [-0.3, -0.25) is 9.59 Å². The molecule has 1 heterocycles. The highest BCUT2D eigenvalue weighted by Crippen LogP contribution is 2.42. The first-order chi connectivity index (χ1) is 9.01. The molecule has 5 nitrogen and oxygen atoms in total. The number of rotatable bonds is 4. The van der Waals surface area contributed by atoms with Crippen LogP contribution in [-0.4, -0.2) is 46.2 Å². The van der Waals surface area contributed by atoms with Gasteiger partial charge < -0.3 is 15.1 Å². The number of hydrogen-bond donors (Lipinski definition) is 2. The van der Waals surface area contributed by atoms with E-state index < -0.39 is 12.1 Å². The minimum absolute atomic E-state index is 0.0136. The molecule has 1 aliphatic carbocycles. The Morgan fingerprint density at radius 2 is 1.84 bits per heavy atom. The molecule has 1 saturated heterocycles. The smallest absolute Gasteiger partial charge is 0.303 e. The monoisotopic (exact) mass is 269 g/mol. The largest absolute Gasteiger partial charge is 0.481 e. The summed E-state index contributed by atoms with van der Waals surface area (Å²) >= 11 is 0. The van der Waals surface area contributed by atoms with Crippen LogP contribution in [0, 0.1) is 5.41 Å². The Bertz CT molecular complexity index is 349. The van der Waals surface area contributed by atoms with Crippen LogP contribution in [0.3, 0.4) is 0 Å². The molecule has 0 radical (unpaired) electrons. The summed E-state index contributed by atoms with van der Waals surface area (Å²) in [6, 6.07) is 0. The molecule has 0 spiro atoms. The molecule has 1 amide bonds. The predicted molar refractivity (Wildman–Crippen MR) is 69.6 cm³/mol. The summed E-state index contributed by atoms with van der Waals surface area (Å²) in [5.74, 6) is -0.796. The molecule has 0 bridgehead atoms. The van der Waals surface area contributed by atoms with Gasteiger partial charge in [0, 0.05) is 19.5 Å². The maximum absolute atomic E-state index is 12.3. The van der Waals surface area contributed by atoms with Crippen LogP contribution in [0.4, 0.5) is 0 Å². The summed E-state index contributed by atoms with van der Waals surface area (Å²) in [5, 5.41) is 18.6. The zero-order valence-electron chi connectivity index (χ0n) is 11.3. The second kappa shape index (κ2) is 5.90. The third kappa shape index (κ3) is 3.69.